The maximum absolute atomic E-state index is 9.45. The highest BCUT2D eigenvalue weighted by atomic mass is 16.5. The Morgan fingerprint density at radius 3 is 2.35 bits per heavy atom. The molecule has 0 saturated carbocycles. The van der Waals surface area contributed by atoms with Gasteiger partial charge in [0.2, 0.25) is 5.89 Å². The summed E-state index contributed by atoms with van der Waals surface area (Å²) in [5.41, 5.74) is 1.96. The zero-order chi connectivity index (χ0) is 14.1. The van der Waals surface area contributed by atoms with Gasteiger partial charge in [-0.2, -0.15) is 0 Å². The van der Waals surface area contributed by atoms with Crippen LogP contribution in [-0.4, -0.2) is 24.3 Å². The fourth-order valence-electron chi connectivity index (χ4n) is 1.97. The van der Waals surface area contributed by atoms with Crippen LogP contribution in [0.3, 0.4) is 0 Å². The smallest absolute Gasteiger partial charge is 0.227 e. The van der Waals surface area contributed by atoms with E-state index >= 15 is 0 Å². The van der Waals surface area contributed by atoms with Gasteiger partial charge in [-0.05, 0) is 24.3 Å². The summed E-state index contributed by atoms with van der Waals surface area (Å²) < 4.78 is 16.1. The summed E-state index contributed by atoms with van der Waals surface area (Å²) in [7, 11) is 3.17. The standard InChI is InChI=1S/C15H13NO4/c1-18-11-5-9(6-12(8-11)19-2)15-16-13-7-10(17)3-4-14(13)20-15/h3-8,17H,1-2H3. The predicted molar refractivity (Wildman–Crippen MR) is 74.2 cm³/mol. The van der Waals surface area contributed by atoms with Crippen LogP contribution in [0.1, 0.15) is 0 Å². The van der Waals surface area contributed by atoms with Gasteiger partial charge >= 0.3 is 0 Å². The minimum Gasteiger partial charge on any atom is -0.508 e. The quantitative estimate of drug-likeness (QED) is 0.792. The Hall–Kier alpha value is -2.69. The number of benzene rings is 2. The van der Waals surface area contributed by atoms with Crippen molar-refractivity contribution < 1.29 is 19.0 Å². The van der Waals surface area contributed by atoms with Crippen molar-refractivity contribution in [1.82, 2.24) is 4.98 Å². The van der Waals surface area contributed by atoms with E-state index in [-0.39, 0.29) is 5.75 Å². The Bertz CT molecular complexity index is 741. The van der Waals surface area contributed by atoms with E-state index in [1.54, 1.807) is 38.5 Å². The van der Waals surface area contributed by atoms with E-state index in [0.717, 1.165) is 5.56 Å². The number of oxazole rings is 1. The van der Waals surface area contributed by atoms with Crippen molar-refractivity contribution in [3.63, 3.8) is 0 Å². The van der Waals surface area contributed by atoms with Crippen LogP contribution >= 0.6 is 0 Å². The molecule has 0 radical (unpaired) electrons. The number of aromatic hydroxyl groups is 1. The second-order valence-electron chi connectivity index (χ2n) is 4.27. The van der Waals surface area contributed by atoms with Gasteiger partial charge in [0.1, 0.15) is 22.8 Å². The summed E-state index contributed by atoms with van der Waals surface area (Å²) in [4.78, 5) is 4.36. The highest BCUT2D eigenvalue weighted by molar-refractivity contribution is 5.78. The van der Waals surface area contributed by atoms with Gasteiger partial charge in [-0.3, -0.25) is 0 Å². The van der Waals surface area contributed by atoms with Crippen LogP contribution in [0.15, 0.2) is 40.8 Å². The molecule has 0 spiro atoms. The van der Waals surface area contributed by atoms with E-state index < -0.39 is 0 Å². The number of nitrogens with zero attached hydrogens (tertiary/aromatic N) is 1. The molecule has 20 heavy (non-hydrogen) atoms. The molecule has 1 N–H and O–H groups in total. The number of methoxy groups -OCH3 is 2. The molecule has 1 aromatic heterocycles. The molecule has 0 aliphatic heterocycles. The zero-order valence-electron chi connectivity index (χ0n) is 11.1. The molecule has 0 bridgehead atoms. The fourth-order valence-corrected chi connectivity index (χ4v) is 1.97. The van der Waals surface area contributed by atoms with E-state index in [9.17, 15) is 5.11 Å². The molecule has 0 atom stereocenters. The summed E-state index contributed by atoms with van der Waals surface area (Å²) in [5.74, 6) is 1.91. The Morgan fingerprint density at radius 1 is 1.00 bits per heavy atom. The number of phenolic OH excluding ortho intramolecular Hbond substituents is 1. The number of hydrogen-bond donors (Lipinski definition) is 1. The summed E-state index contributed by atoms with van der Waals surface area (Å²) >= 11 is 0. The number of hydrogen-bond acceptors (Lipinski definition) is 5. The minimum atomic E-state index is 0.153. The molecule has 0 saturated heterocycles. The molecule has 3 aromatic rings. The second kappa shape index (κ2) is 4.77. The third-order valence-corrected chi connectivity index (χ3v) is 2.97. The van der Waals surface area contributed by atoms with Crippen LogP contribution in [0.5, 0.6) is 17.2 Å². The zero-order valence-corrected chi connectivity index (χ0v) is 11.1. The minimum absolute atomic E-state index is 0.153. The highest BCUT2D eigenvalue weighted by Crippen LogP contribution is 2.31. The third kappa shape index (κ3) is 2.14. The predicted octanol–water partition coefficient (Wildman–Crippen LogP) is 3.22. The third-order valence-electron chi connectivity index (χ3n) is 2.97. The van der Waals surface area contributed by atoms with Gasteiger partial charge in [0.05, 0.1) is 14.2 Å². The lowest BCUT2D eigenvalue weighted by Gasteiger charge is -2.05. The monoisotopic (exact) mass is 271 g/mol. The Balaban J connectivity index is 2.14. The van der Waals surface area contributed by atoms with Crippen molar-refractivity contribution in [2.45, 2.75) is 0 Å². The van der Waals surface area contributed by atoms with Crippen LogP contribution in [0, 0.1) is 0 Å². The Labute approximate surface area is 115 Å². The Kier molecular flexibility index (Phi) is 2.95. The first-order chi connectivity index (χ1) is 9.69. The molecular weight excluding hydrogens is 258 g/mol. The molecular formula is C15H13NO4. The van der Waals surface area contributed by atoms with Crippen LogP contribution in [-0.2, 0) is 0 Å². The van der Waals surface area contributed by atoms with Crippen LogP contribution in [0.2, 0.25) is 0 Å². The molecule has 5 nitrogen and oxygen atoms in total. The van der Waals surface area contributed by atoms with Crippen molar-refractivity contribution in [3.05, 3.63) is 36.4 Å². The van der Waals surface area contributed by atoms with E-state index in [2.05, 4.69) is 4.98 Å². The summed E-state index contributed by atoms with van der Waals surface area (Å²) in [6.07, 6.45) is 0. The van der Waals surface area contributed by atoms with Gasteiger partial charge in [0.15, 0.2) is 5.58 Å². The fraction of sp³-hybridized carbons (Fsp3) is 0.133. The van der Waals surface area contributed by atoms with Gasteiger partial charge in [0.25, 0.3) is 0 Å². The lowest BCUT2D eigenvalue weighted by atomic mass is 10.2. The number of phenols is 1. The van der Waals surface area contributed by atoms with E-state index in [1.165, 1.54) is 0 Å². The largest absolute Gasteiger partial charge is 0.508 e. The van der Waals surface area contributed by atoms with Crippen molar-refractivity contribution >= 4 is 11.1 Å². The molecule has 1 heterocycles. The van der Waals surface area contributed by atoms with Crippen molar-refractivity contribution in [2.24, 2.45) is 0 Å². The topological polar surface area (TPSA) is 64.7 Å². The molecule has 2 aromatic carbocycles. The van der Waals surface area contributed by atoms with Crippen LogP contribution < -0.4 is 9.47 Å². The first-order valence-corrected chi connectivity index (χ1v) is 6.02. The first-order valence-electron chi connectivity index (χ1n) is 6.02. The SMILES string of the molecule is COc1cc(OC)cc(-c2nc3cc(O)ccc3o2)c1. The van der Waals surface area contributed by atoms with Crippen molar-refractivity contribution in [2.75, 3.05) is 14.2 Å². The van der Waals surface area contributed by atoms with Crippen molar-refractivity contribution in [1.29, 1.82) is 0 Å². The van der Waals surface area contributed by atoms with Crippen LogP contribution in [0.25, 0.3) is 22.6 Å². The summed E-state index contributed by atoms with van der Waals surface area (Å²) in [6, 6.07) is 10.2. The highest BCUT2D eigenvalue weighted by Gasteiger charge is 2.11. The lowest BCUT2D eigenvalue weighted by molar-refractivity contribution is 0.394. The molecule has 3 rings (SSSR count). The number of fused-ring (bicyclic) bond motifs is 1. The van der Waals surface area contributed by atoms with Crippen LogP contribution in [0.4, 0.5) is 0 Å². The average Bonchev–Trinajstić information content (AvgIpc) is 2.89. The number of rotatable bonds is 3. The normalized spacial score (nSPS) is 10.7. The van der Waals surface area contributed by atoms with Gasteiger partial charge in [-0.25, -0.2) is 4.98 Å². The Morgan fingerprint density at radius 2 is 1.70 bits per heavy atom. The van der Waals surface area contributed by atoms with E-state index in [1.807, 2.05) is 12.1 Å². The van der Waals surface area contributed by atoms with Gasteiger partial charge in [-0.1, -0.05) is 0 Å². The molecule has 0 unspecified atom stereocenters. The van der Waals surface area contributed by atoms with Crippen molar-refractivity contribution in [3.8, 4) is 28.7 Å². The molecule has 0 aliphatic carbocycles. The van der Waals surface area contributed by atoms with E-state index in [4.69, 9.17) is 13.9 Å². The average molecular weight is 271 g/mol. The molecule has 0 amide bonds. The number of aromatic nitrogens is 1. The lowest BCUT2D eigenvalue weighted by Crippen LogP contribution is -1.88. The maximum Gasteiger partial charge on any atom is 0.227 e. The number of ether oxygens (including phenoxy) is 2. The first kappa shape index (κ1) is 12.3. The maximum atomic E-state index is 9.45. The van der Waals surface area contributed by atoms with E-state index in [0.29, 0.717) is 28.5 Å². The molecule has 0 fully saturated rings. The molecule has 102 valence electrons. The molecule has 0 aliphatic rings. The van der Waals surface area contributed by atoms with Gasteiger partial charge in [-0.15, -0.1) is 0 Å². The van der Waals surface area contributed by atoms with Gasteiger partial charge in [0, 0.05) is 17.7 Å². The second-order valence-corrected chi connectivity index (χ2v) is 4.27. The molecule has 5 heteroatoms. The summed E-state index contributed by atoms with van der Waals surface area (Å²) in [5, 5.41) is 9.45. The summed E-state index contributed by atoms with van der Waals surface area (Å²) in [6.45, 7) is 0. The van der Waals surface area contributed by atoms with Gasteiger partial charge < -0.3 is 19.0 Å².